The molecule has 31 heavy (non-hydrogen) atoms. The SMILES string of the molecule is CN1CCNCC1.O=C(O)/C=C\C(=O)O.O=C(O)/C=C\C(=O)O.O=C(O)/C=C\C(=O)O. The van der Waals surface area contributed by atoms with Crippen LogP contribution in [-0.2, 0) is 28.8 Å². The second-order valence-corrected chi connectivity index (χ2v) is 5.08. The van der Waals surface area contributed by atoms with Crippen LogP contribution in [0.4, 0.5) is 0 Å². The van der Waals surface area contributed by atoms with Crippen LogP contribution in [0.15, 0.2) is 36.5 Å². The number of carboxylic acids is 6. The van der Waals surface area contributed by atoms with Crippen molar-refractivity contribution >= 4 is 35.8 Å². The highest BCUT2D eigenvalue weighted by molar-refractivity contribution is 5.90. The molecule has 1 aliphatic rings. The van der Waals surface area contributed by atoms with E-state index in [-0.39, 0.29) is 0 Å². The third kappa shape index (κ3) is 41.5. The Kier molecular flexibility index (Phi) is 21.1. The van der Waals surface area contributed by atoms with E-state index in [2.05, 4.69) is 17.3 Å². The van der Waals surface area contributed by atoms with E-state index in [4.69, 9.17) is 30.6 Å². The van der Waals surface area contributed by atoms with Crippen LogP contribution >= 0.6 is 0 Å². The highest BCUT2D eigenvalue weighted by Gasteiger charge is 2.01. The number of likely N-dealkylation sites (N-methyl/N-ethyl adjacent to an activating group) is 1. The number of piperazine rings is 1. The molecule has 14 heteroatoms. The number of nitrogens with zero attached hydrogens (tertiary/aromatic N) is 1. The summed E-state index contributed by atoms with van der Waals surface area (Å²) in [5.74, 6) is -7.54. The monoisotopic (exact) mass is 448 g/mol. The molecule has 14 nitrogen and oxygen atoms in total. The first-order valence-electron chi connectivity index (χ1n) is 8.09. The van der Waals surface area contributed by atoms with Gasteiger partial charge in [0.15, 0.2) is 0 Å². The number of nitrogens with one attached hydrogen (secondary N) is 1. The average molecular weight is 448 g/mol. The Hall–Kier alpha value is -4.04. The predicted octanol–water partition coefficient (Wildman–Crippen LogP) is -1.34. The molecule has 0 bridgehead atoms. The molecule has 0 aromatic heterocycles. The van der Waals surface area contributed by atoms with E-state index in [0.29, 0.717) is 36.5 Å². The Morgan fingerprint density at radius 3 is 0.839 bits per heavy atom. The Balaban J connectivity index is -0.000000337. The van der Waals surface area contributed by atoms with Crippen LogP contribution in [0.5, 0.6) is 0 Å². The van der Waals surface area contributed by atoms with E-state index in [0.717, 1.165) is 13.1 Å². The molecule has 0 spiro atoms. The summed E-state index contributed by atoms with van der Waals surface area (Å²) in [6.07, 6.45) is 3.35. The summed E-state index contributed by atoms with van der Waals surface area (Å²) in [5.41, 5.74) is 0. The van der Waals surface area contributed by atoms with Crippen molar-refractivity contribution in [3.63, 3.8) is 0 Å². The summed E-state index contributed by atoms with van der Waals surface area (Å²) in [7, 11) is 2.15. The van der Waals surface area contributed by atoms with Crippen LogP contribution in [0.1, 0.15) is 0 Å². The van der Waals surface area contributed by atoms with Crippen LogP contribution in [0.3, 0.4) is 0 Å². The van der Waals surface area contributed by atoms with Crippen molar-refractivity contribution in [2.24, 2.45) is 0 Å². The first-order valence-corrected chi connectivity index (χ1v) is 8.09. The maximum atomic E-state index is 9.55. The summed E-state index contributed by atoms with van der Waals surface area (Å²) in [6, 6.07) is 0. The Morgan fingerprint density at radius 2 is 0.742 bits per heavy atom. The summed E-state index contributed by atoms with van der Waals surface area (Å²) in [6.45, 7) is 4.74. The fourth-order valence-electron chi connectivity index (χ4n) is 1.20. The van der Waals surface area contributed by atoms with Crippen molar-refractivity contribution in [1.29, 1.82) is 0 Å². The maximum absolute atomic E-state index is 9.55. The average Bonchev–Trinajstić information content (AvgIpc) is 2.65. The molecule has 0 amide bonds. The van der Waals surface area contributed by atoms with Crippen molar-refractivity contribution in [3.05, 3.63) is 36.5 Å². The first kappa shape index (κ1) is 31.6. The van der Waals surface area contributed by atoms with Gasteiger partial charge in [-0.05, 0) is 7.05 Å². The normalized spacial score (nSPS) is 13.1. The molecule has 1 rings (SSSR count). The van der Waals surface area contributed by atoms with Gasteiger partial charge >= 0.3 is 35.8 Å². The minimum atomic E-state index is -1.26. The molecule has 0 aromatic rings. The van der Waals surface area contributed by atoms with Gasteiger partial charge in [-0.3, -0.25) is 0 Å². The van der Waals surface area contributed by atoms with E-state index >= 15 is 0 Å². The van der Waals surface area contributed by atoms with Gasteiger partial charge in [-0.15, -0.1) is 0 Å². The molecule has 0 radical (unpaired) electrons. The maximum Gasteiger partial charge on any atom is 0.328 e. The summed E-state index contributed by atoms with van der Waals surface area (Å²) in [4.78, 5) is 59.7. The van der Waals surface area contributed by atoms with Crippen molar-refractivity contribution in [2.45, 2.75) is 0 Å². The highest BCUT2D eigenvalue weighted by atomic mass is 16.4. The van der Waals surface area contributed by atoms with Gasteiger partial charge in [0.05, 0.1) is 0 Å². The molecule has 1 saturated heterocycles. The molecular formula is C17H24N2O12. The van der Waals surface area contributed by atoms with Crippen LogP contribution in [-0.4, -0.2) is 105 Å². The third-order valence-corrected chi connectivity index (χ3v) is 2.45. The van der Waals surface area contributed by atoms with E-state index in [1.165, 1.54) is 13.1 Å². The van der Waals surface area contributed by atoms with Gasteiger partial charge in [-0.2, -0.15) is 0 Å². The molecule has 1 fully saturated rings. The molecule has 7 N–H and O–H groups in total. The molecule has 1 heterocycles. The van der Waals surface area contributed by atoms with Gasteiger partial charge in [0.1, 0.15) is 0 Å². The molecule has 1 aliphatic heterocycles. The first-order chi connectivity index (χ1) is 14.3. The quantitative estimate of drug-likeness (QED) is 0.233. The van der Waals surface area contributed by atoms with Crippen molar-refractivity contribution < 1.29 is 59.4 Å². The van der Waals surface area contributed by atoms with Gasteiger partial charge in [0.2, 0.25) is 0 Å². The number of rotatable bonds is 6. The zero-order valence-corrected chi connectivity index (χ0v) is 16.4. The second kappa shape index (κ2) is 20.7. The third-order valence-electron chi connectivity index (χ3n) is 2.45. The lowest BCUT2D eigenvalue weighted by Crippen LogP contribution is -2.40. The van der Waals surface area contributed by atoms with Crippen LogP contribution in [0.2, 0.25) is 0 Å². The highest BCUT2D eigenvalue weighted by Crippen LogP contribution is 1.83. The zero-order chi connectivity index (χ0) is 24.8. The molecule has 0 aliphatic carbocycles. The largest absolute Gasteiger partial charge is 0.478 e. The number of hydrogen-bond acceptors (Lipinski definition) is 8. The van der Waals surface area contributed by atoms with Crippen LogP contribution < -0.4 is 5.32 Å². The lowest BCUT2D eigenvalue weighted by molar-refractivity contribution is -0.134. The standard InChI is InChI=1S/C5H12N2.3C4H4O4/c1-7-4-2-6-3-5-7;3*5-3(6)1-2-4(7)8/h6H,2-5H2,1H3;3*1-2H,(H,5,6)(H,7,8)/b;3*2-1-. The molecular weight excluding hydrogens is 424 g/mol. The Labute approximate surface area is 176 Å². The number of hydrogen-bond donors (Lipinski definition) is 7. The van der Waals surface area contributed by atoms with E-state index in [1.807, 2.05) is 0 Å². The number of aliphatic carboxylic acids is 6. The van der Waals surface area contributed by atoms with Gasteiger partial charge in [-0.25, -0.2) is 28.8 Å². The van der Waals surface area contributed by atoms with Crippen LogP contribution in [0.25, 0.3) is 0 Å². The summed E-state index contributed by atoms with van der Waals surface area (Å²) >= 11 is 0. The second-order valence-electron chi connectivity index (χ2n) is 5.08. The van der Waals surface area contributed by atoms with Crippen LogP contribution in [0, 0.1) is 0 Å². The van der Waals surface area contributed by atoms with Crippen molar-refractivity contribution in [2.75, 3.05) is 33.2 Å². The van der Waals surface area contributed by atoms with Gasteiger partial charge in [0, 0.05) is 62.6 Å². The van der Waals surface area contributed by atoms with Gasteiger partial charge in [-0.1, -0.05) is 0 Å². The minimum absolute atomic E-state index is 0.558. The molecule has 0 unspecified atom stereocenters. The fraction of sp³-hybridized carbons (Fsp3) is 0.294. The lowest BCUT2D eigenvalue weighted by atomic mass is 10.4. The van der Waals surface area contributed by atoms with E-state index in [1.54, 1.807) is 0 Å². The minimum Gasteiger partial charge on any atom is -0.478 e. The number of carbonyl (C=O) groups is 6. The topological polar surface area (TPSA) is 239 Å². The zero-order valence-electron chi connectivity index (χ0n) is 16.4. The number of carboxylic acid groups (broad SMARTS) is 6. The molecule has 0 aromatic carbocycles. The van der Waals surface area contributed by atoms with Crippen molar-refractivity contribution in [1.82, 2.24) is 10.2 Å². The smallest absolute Gasteiger partial charge is 0.328 e. The molecule has 0 saturated carbocycles. The fourth-order valence-corrected chi connectivity index (χ4v) is 1.20. The lowest BCUT2D eigenvalue weighted by Gasteiger charge is -2.21. The molecule has 174 valence electrons. The van der Waals surface area contributed by atoms with E-state index in [9.17, 15) is 28.8 Å². The van der Waals surface area contributed by atoms with Gasteiger partial charge in [0.25, 0.3) is 0 Å². The summed E-state index contributed by atoms with van der Waals surface area (Å²) < 4.78 is 0. The van der Waals surface area contributed by atoms with Crippen molar-refractivity contribution in [3.8, 4) is 0 Å². The summed E-state index contributed by atoms with van der Waals surface area (Å²) in [5, 5.41) is 50.1. The predicted molar refractivity (Wildman–Crippen MR) is 104 cm³/mol. The van der Waals surface area contributed by atoms with E-state index < -0.39 is 35.8 Å². The van der Waals surface area contributed by atoms with Gasteiger partial charge < -0.3 is 40.9 Å². The Morgan fingerprint density at radius 1 is 0.548 bits per heavy atom. The Bertz CT molecular complexity index is 562. The molecule has 0 atom stereocenters.